The third kappa shape index (κ3) is 1.41. The van der Waals surface area contributed by atoms with Crippen molar-refractivity contribution in [2.24, 2.45) is 5.92 Å². The molecule has 1 rings (SSSR count). The predicted molar refractivity (Wildman–Crippen MR) is 47.2 cm³/mol. The first-order chi connectivity index (χ1) is 5.91. The number of amides is 1. The van der Waals surface area contributed by atoms with E-state index in [9.17, 15) is 9.59 Å². The normalized spacial score (nSPS) is 26.5. The zero-order valence-corrected chi connectivity index (χ0v) is 8.20. The fraction of sp³-hybridized carbons (Fsp3) is 0.778. The van der Waals surface area contributed by atoms with Crippen LogP contribution in [0.4, 0.5) is 0 Å². The molecule has 0 aromatic rings. The Kier molecular flexibility index (Phi) is 2.32. The van der Waals surface area contributed by atoms with Gasteiger partial charge in [0.2, 0.25) is 5.91 Å². The van der Waals surface area contributed by atoms with Crippen molar-refractivity contribution in [1.82, 2.24) is 4.90 Å². The van der Waals surface area contributed by atoms with Gasteiger partial charge in [0.25, 0.3) is 0 Å². The molecule has 4 nitrogen and oxygen atoms in total. The van der Waals surface area contributed by atoms with Crippen LogP contribution in [0, 0.1) is 5.92 Å². The zero-order valence-electron chi connectivity index (χ0n) is 8.20. The van der Waals surface area contributed by atoms with Gasteiger partial charge in [-0.25, -0.2) is 0 Å². The van der Waals surface area contributed by atoms with Gasteiger partial charge in [0.1, 0.15) is 0 Å². The summed E-state index contributed by atoms with van der Waals surface area (Å²) in [5, 5.41) is 8.90. The number of carboxylic acid groups (broad SMARTS) is 1. The molecule has 1 fully saturated rings. The molecular weight excluding hydrogens is 170 g/mol. The van der Waals surface area contributed by atoms with Crippen molar-refractivity contribution in [3.05, 3.63) is 0 Å². The molecule has 0 aliphatic carbocycles. The summed E-state index contributed by atoms with van der Waals surface area (Å²) >= 11 is 0. The minimum Gasteiger partial charge on any atom is -0.481 e. The van der Waals surface area contributed by atoms with Crippen LogP contribution in [-0.4, -0.2) is 34.0 Å². The van der Waals surface area contributed by atoms with E-state index in [2.05, 4.69) is 0 Å². The molecule has 13 heavy (non-hydrogen) atoms. The summed E-state index contributed by atoms with van der Waals surface area (Å²) < 4.78 is 0. The van der Waals surface area contributed by atoms with Gasteiger partial charge < -0.3 is 10.0 Å². The Morgan fingerprint density at radius 2 is 2.23 bits per heavy atom. The maximum Gasteiger partial charge on any atom is 0.309 e. The third-order valence-corrected chi connectivity index (χ3v) is 2.84. The van der Waals surface area contributed by atoms with E-state index in [1.54, 1.807) is 18.7 Å². The molecule has 1 saturated heterocycles. The molecule has 0 saturated carbocycles. The topological polar surface area (TPSA) is 57.6 Å². The number of likely N-dealkylation sites (tertiary alicyclic amines) is 1. The highest BCUT2D eigenvalue weighted by atomic mass is 16.4. The standard InChI is InChI=1S/C9H15NO3/c1-4-10-7(11)5-6(8(12)13)9(10,2)3/h6H,4-5H2,1-3H3,(H,12,13). The first-order valence-electron chi connectivity index (χ1n) is 4.44. The van der Waals surface area contributed by atoms with E-state index in [0.717, 1.165) is 0 Å². The van der Waals surface area contributed by atoms with E-state index in [1.807, 2.05) is 6.92 Å². The van der Waals surface area contributed by atoms with E-state index in [4.69, 9.17) is 5.11 Å². The smallest absolute Gasteiger partial charge is 0.309 e. The van der Waals surface area contributed by atoms with Gasteiger partial charge >= 0.3 is 5.97 Å². The number of nitrogens with zero attached hydrogens (tertiary/aromatic N) is 1. The summed E-state index contributed by atoms with van der Waals surface area (Å²) in [6, 6.07) is 0. The van der Waals surface area contributed by atoms with E-state index >= 15 is 0 Å². The molecule has 1 atom stereocenters. The Morgan fingerprint density at radius 1 is 1.69 bits per heavy atom. The Hall–Kier alpha value is -1.06. The van der Waals surface area contributed by atoms with Crippen LogP contribution in [0.3, 0.4) is 0 Å². The van der Waals surface area contributed by atoms with Gasteiger partial charge in [-0.1, -0.05) is 0 Å². The summed E-state index contributed by atoms with van der Waals surface area (Å²) in [5.41, 5.74) is -0.544. The van der Waals surface area contributed by atoms with Crippen LogP contribution >= 0.6 is 0 Å². The van der Waals surface area contributed by atoms with Crippen LogP contribution in [0.5, 0.6) is 0 Å². The van der Waals surface area contributed by atoms with Crippen molar-refractivity contribution in [2.45, 2.75) is 32.7 Å². The van der Waals surface area contributed by atoms with Crippen LogP contribution in [-0.2, 0) is 9.59 Å². The first kappa shape index (κ1) is 10.0. The number of carbonyl (C=O) groups excluding carboxylic acids is 1. The van der Waals surface area contributed by atoms with Crippen LogP contribution in [0.15, 0.2) is 0 Å². The van der Waals surface area contributed by atoms with Crippen molar-refractivity contribution in [2.75, 3.05) is 6.54 Å². The van der Waals surface area contributed by atoms with Crippen LogP contribution in [0.25, 0.3) is 0 Å². The molecule has 4 heteroatoms. The Labute approximate surface area is 77.5 Å². The monoisotopic (exact) mass is 185 g/mol. The van der Waals surface area contributed by atoms with Gasteiger partial charge in [0.15, 0.2) is 0 Å². The second kappa shape index (κ2) is 3.01. The van der Waals surface area contributed by atoms with Crippen molar-refractivity contribution < 1.29 is 14.7 Å². The Morgan fingerprint density at radius 3 is 2.46 bits per heavy atom. The van der Waals surface area contributed by atoms with E-state index < -0.39 is 17.4 Å². The van der Waals surface area contributed by atoms with Crippen LogP contribution in [0.2, 0.25) is 0 Å². The average Bonchev–Trinajstić information content (AvgIpc) is 2.21. The van der Waals surface area contributed by atoms with Gasteiger partial charge in [-0.15, -0.1) is 0 Å². The highest BCUT2D eigenvalue weighted by Gasteiger charge is 2.48. The molecule has 74 valence electrons. The van der Waals surface area contributed by atoms with Crippen molar-refractivity contribution >= 4 is 11.9 Å². The van der Waals surface area contributed by atoms with Crippen molar-refractivity contribution in [1.29, 1.82) is 0 Å². The summed E-state index contributed by atoms with van der Waals surface area (Å²) in [5.74, 6) is -1.51. The highest BCUT2D eigenvalue weighted by Crippen LogP contribution is 2.35. The van der Waals surface area contributed by atoms with E-state index in [0.29, 0.717) is 6.54 Å². The second-order valence-electron chi connectivity index (χ2n) is 3.89. The largest absolute Gasteiger partial charge is 0.481 e. The van der Waals surface area contributed by atoms with Crippen molar-refractivity contribution in [3.63, 3.8) is 0 Å². The van der Waals surface area contributed by atoms with E-state index in [-0.39, 0.29) is 12.3 Å². The second-order valence-corrected chi connectivity index (χ2v) is 3.89. The SMILES string of the molecule is CCN1C(=O)CC(C(=O)O)C1(C)C. The number of carbonyl (C=O) groups is 2. The molecule has 1 amide bonds. The Bertz CT molecular complexity index is 247. The molecular formula is C9H15NO3. The molecule has 0 aromatic heterocycles. The molecule has 0 aromatic carbocycles. The minimum atomic E-state index is -0.880. The van der Waals surface area contributed by atoms with Crippen molar-refractivity contribution in [3.8, 4) is 0 Å². The lowest BCUT2D eigenvalue weighted by Gasteiger charge is -2.33. The minimum absolute atomic E-state index is 0.0556. The number of hydrogen-bond donors (Lipinski definition) is 1. The highest BCUT2D eigenvalue weighted by molar-refractivity contribution is 5.88. The summed E-state index contributed by atoms with van der Waals surface area (Å²) in [6.07, 6.45) is 0.135. The fourth-order valence-electron chi connectivity index (χ4n) is 2.02. The molecule has 1 heterocycles. The van der Waals surface area contributed by atoms with Gasteiger partial charge in [0, 0.05) is 13.0 Å². The number of carboxylic acids is 1. The quantitative estimate of drug-likeness (QED) is 0.689. The molecule has 1 aliphatic rings. The van der Waals surface area contributed by atoms with Gasteiger partial charge in [-0.05, 0) is 20.8 Å². The molecule has 1 aliphatic heterocycles. The Balaban J connectivity index is 2.95. The third-order valence-electron chi connectivity index (χ3n) is 2.84. The number of aliphatic carboxylic acids is 1. The zero-order chi connectivity index (χ0) is 10.2. The van der Waals surface area contributed by atoms with Gasteiger partial charge in [0.05, 0.1) is 11.5 Å². The van der Waals surface area contributed by atoms with Crippen LogP contribution < -0.4 is 0 Å². The van der Waals surface area contributed by atoms with Gasteiger partial charge in [-0.3, -0.25) is 9.59 Å². The molecule has 1 N–H and O–H groups in total. The lowest BCUT2D eigenvalue weighted by molar-refractivity contribution is -0.144. The lowest BCUT2D eigenvalue weighted by Crippen LogP contribution is -2.45. The van der Waals surface area contributed by atoms with Gasteiger partial charge in [-0.2, -0.15) is 0 Å². The molecule has 0 spiro atoms. The first-order valence-corrected chi connectivity index (χ1v) is 4.44. The van der Waals surface area contributed by atoms with E-state index in [1.165, 1.54) is 0 Å². The van der Waals surface area contributed by atoms with Crippen LogP contribution in [0.1, 0.15) is 27.2 Å². The molecule has 0 bridgehead atoms. The fourth-order valence-corrected chi connectivity index (χ4v) is 2.02. The predicted octanol–water partition coefficient (Wildman–Crippen LogP) is 0.718. The summed E-state index contributed by atoms with van der Waals surface area (Å²) in [4.78, 5) is 23.9. The summed E-state index contributed by atoms with van der Waals surface area (Å²) in [7, 11) is 0. The lowest BCUT2D eigenvalue weighted by atomic mass is 9.88. The number of rotatable bonds is 2. The maximum absolute atomic E-state index is 11.4. The maximum atomic E-state index is 11.4. The average molecular weight is 185 g/mol. The molecule has 0 radical (unpaired) electrons. The number of hydrogen-bond acceptors (Lipinski definition) is 2. The molecule has 1 unspecified atom stereocenters. The summed E-state index contributed by atoms with van der Waals surface area (Å²) in [6.45, 7) is 6.06.